The van der Waals surface area contributed by atoms with Crippen molar-refractivity contribution in [1.82, 2.24) is 0 Å². The van der Waals surface area contributed by atoms with Crippen LogP contribution < -0.4 is 9.47 Å². The van der Waals surface area contributed by atoms with Gasteiger partial charge in [-0.2, -0.15) is 0 Å². The first kappa shape index (κ1) is 15.8. The predicted molar refractivity (Wildman–Crippen MR) is 77.6 cm³/mol. The van der Waals surface area contributed by atoms with Crippen LogP contribution in [-0.2, 0) is 0 Å². The zero-order chi connectivity index (χ0) is 14.3. The summed E-state index contributed by atoms with van der Waals surface area (Å²) >= 11 is 6.13. The number of carbonyl (C=O) groups is 1. The molecule has 0 atom stereocenters. The van der Waals surface area contributed by atoms with Gasteiger partial charge in [-0.05, 0) is 18.9 Å². The molecule has 0 aliphatic rings. The maximum Gasteiger partial charge on any atom is 0.164 e. The summed E-state index contributed by atoms with van der Waals surface area (Å²) in [7, 11) is 0. The molecule has 0 heterocycles. The van der Waals surface area contributed by atoms with E-state index in [1.165, 1.54) is 0 Å². The molecular weight excluding hydrogens is 264 g/mol. The molecule has 0 saturated heterocycles. The van der Waals surface area contributed by atoms with Gasteiger partial charge >= 0.3 is 0 Å². The van der Waals surface area contributed by atoms with Crippen LogP contribution in [0.4, 0.5) is 0 Å². The molecule has 19 heavy (non-hydrogen) atoms. The van der Waals surface area contributed by atoms with Crippen LogP contribution >= 0.6 is 11.6 Å². The van der Waals surface area contributed by atoms with E-state index in [0.29, 0.717) is 41.7 Å². The minimum absolute atomic E-state index is 0.00777. The number of benzene rings is 1. The van der Waals surface area contributed by atoms with E-state index >= 15 is 0 Å². The SMILES string of the molecule is CCCOc1cc(Cl)c(C(=O)CC)cc1OCCC. The summed E-state index contributed by atoms with van der Waals surface area (Å²) in [4.78, 5) is 11.8. The van der Waals surface area contributed by atoms with Crippen molar-refractivity contribution < 1.29 is 14.3 Å². The van der Waals surface area contributed by atoms with E-state index in [4.69, 9.17) is 21.1 Å². The summed E-state index contributed by atoms with van der Waals surface area (Å²) in [5.41, 5.74) is 0.499. The highest BCUT2D eigenvalue weighted by atomic mass is 35.5. The number of hydrogen-bond donors (Lipinski definition) is 0. The molecule has 0 fully saturated rings. The third kappa shape index (κ3) is 4.43. The quantitative estimate of drug-likeness (QED) is 0.659. The zero-order valence-electron chi connectivity index (χ0n) is 11.8. The molecule has 1 aromatic carbocycles. The summed E-state index contributed by atoms with van der Waals surface area (Å²) < 4.78 is 11.2. The molecule has 1 aromatic rings. The van der Waals surface area contributed by atoms with Crippen molar-refractivity contribution in [2.24, 2.45) is 0 Å². The van der Waals surface area contributed by atoms with Gasteiger partial charge < -0.3 is 9.47 Å². The van der Waals surface area contributed by atoms with Crippen LogP contribution in [0.1, 0.15) is 50.4 Å². The fourth-order valence-corrected chi connectivity index (χ4v) is 1.85. The van der Waals surface area contributed by atoms with Crippen LogP contribution in [-0.4, -0.2) is 19.0 Å². The lowest BCUT2D eigenvalue weighted by molar-refractivity contribution is 0.0987. The van der Waals surface area contributed by atoms with Crippen LogP contribution in [0.2, 0.25) is 5.02 Å². The Kier molecular flexibility index (Phi) is 6.71. The number of Topliss-reactive ketones (excluding diaryl/α,β-unsaturated/α-hetero) is 1. The van der Waals surface area contributed by atoms with Crippen LogP contribution in [0.15, 0.2) is 12.1 Å². The van der Waals surface area contributed by atoms with Gasteiger partial charge in [0, 0.05) is 18.1 Å². The molecule has 0 spiro atoms. The topological polar surface area (TPSA) is 35.5 Å². The number of ether oxygens (including phenoxy) is 2. The normalized spacial score (nSPS) is 10.3. The van der Waals surface area contributed by atoms with Crippen molar-refractivity contribution >= 4 is 17.4 Å². The Morgan fingerprint density at radius 2 is 1.58 bits per heavy atom. The Labute approximate surface area is 119 Å². The first-order valence-electron chi connectivity index (χ1n) is 6.76. The third-order valence-electron chi connectivity index (χ3n) is 2.58. The number of halogens is 1. The minimum atomic E-state index is 0.00777. The molecule has 0 bridgehead atoms. The van der Waals surface area contributed by atoms with Gasteiger partial charge in [0.15, 0.2) is 17.3 Å². The molecule has 0 saturated carbocycles. The third-order valence-corrected chi connectivity index (χ3v) is 2.89. The van der Waals surface area contributed by atoms with Crippen LogP contribution in [0.5, 0.6) is 11.5 Å². The van der Waals surface area contributed by atoms with Gasteiger partial charge in [-0.15, -0.1) is 0 Å². The molecule has 4 heteroatoms. The molecule has 0 radical (unpaired) electrons. The van der Waals surface area contributed by atoms with E-state index in [2.05, 4.69) is 0 Å². The van der Waals surface area contributed by atoms with Crippen LogP contribution in [0.3, 0.4) is 0 Å². The largest absolute Gasteiger partial charge is 0.490 e. The van der Waals surface area contributed by atoms with Gasteiger partial charge in [-0.25, -0.2) is 0 Å². The Hall–Kier alpha value is -1.22. The molecule has 106 valence electrons. The lowest BCUT2D eigenvalue weighted by Gasteiger charge is -2.14. The lowest BCUT2D eigenvalue weighted by Crippen LogP contribution is -2.04. The first-order chi connectivity index (χ1) is 9.13. The maximum absolute atomic E-state index is 11.8. The van der Waals surface area contributed by atoms with Crippen molar-refractivity contribution in [3.05, 3.63) is 22.7 Å². The summed E-state index contributed by atoms with van der Waals surface area (Å²) in [5, 5.41) is 0.418. The molecule has 1 rings (SSSR count). The maximum atomic E-state index is 11.8. The Morgan fingerprint density at radius 3 is 2.05 bits per heavy atom. The Morgan fingerprint density at radius 1 is 1.05 bits per heavy atom. The summed E-state index contributed by atoms with van der Waals surface area (Å²) in [6, 6.07) is 3.36. The van der Waals surface area contributed by atoms with Crippen molar-refractivity contribution in [1.29, 1.82) is 0 Å². The molecule has 3 nitrogen and oxygen atoms in total. The lowest BCUT2D eigenvalue weighted by atomic mass is 10.1. The summed E-state index contributed by atoms with van der Waals surface area (Å²) in [5.74, 6) is 1.21. The Balaban J connectivity index is 3.08. The van der Waals surface area contributed by atoms with Gasteiger partial charge in [0.2, 0.25) is 0 Å². The summed E-state index contributed by atoms with van der Waals surface area (Å²) in [6.07, 6.45) is 2.22. The van der Waals surface area contributed by atoms with Crippen molar-refractivity contribution in [3.8, 4) is 11.5 Å². The average molecular weight is 285 g/mol. The highest BCUT2D eigenvalue weighted by molar-refractivity contribution is 6.34. The van der Waals surface area contributed by atoms with E-state index in [1.807, 2.05) is 20.8 Å². The monoisotopic (exact) mass is 284 g/mol. The molecule has 0 unspecified atom stereocenters. The molecule has 0 aromatic heterocycles. The molecule has 0 amide bonds. The zero-order valence-corrected chi connectivity index (χ0v) is 12.5. The number of carbonyl (C=O) groups excluding carboxylic acids is 1. The second-order valence-electron chi connectivity index (χ2n) is 4.25. The predicted octanol–water partition coefficient (Wildman–Crippen LogP) is 4.51. The van der Waals surface area contributed by atoms with Crippen LogP contribution in [0.25, 0.3) is 0 Å². The number of ketones is 1. The van der Waals surface area contributed by atoms with E-state index in [9.17, 15) is 4.79 Å². The number of hydrogen-bond acceptors (Lipinski definition) is 3. The van der Waals surface area contributed by atoms with Crippen LogP contribution in [0, 0.1) is 0 Å². The highest BCUT2D eigenvalue weighted by Crippen LogP contribution is 2.34. The highest BCUT2D eigenvalue weighted by Gasteiger charge is 2.15. The Bertz CT molecular complexity index is 430. The van der Waals surface area contributed by atoms with E-state index in [1.54, 1.807) is 12.1 Å². The fraction of sp³-hybridized carbons (Fsp3) is 0.533. The van der Waals surface area contributed by atoms with E-state index in [0.717, 1.165) is 12.8 Å². The van der Waals surface area contributed by atoms with Gasteiger partial charge in [0.1, 0.15) is 0 Å². The molecular formula is C15H21ClO3. The summed E-state index contributed by atoms with van der Waals surface area (Å²) in [6.45, 7) is 7.06. The minimum Gasteiger partial charge on any atom is -0.490 e. The van der Waals surface area contributed by atoms with Gasteiger partial charge in [-0.1, -0.05) is 32.4 Å². The first-order valence-corrected chi connectivity index (χ1v) is 7.14. The smallest absolute Gasteiger partial charge is 0.164 e. The van der Waals surface area contributed by atoms with Crippen molar-refractivity contribution in [2.45, 2.75) is 40.0 Å². The second kappa shape index (κ2) is 8.05. The average Bonchev–Trinajstić information content (AvgIpc) is 2.43. The molecule has 0 N–H and O–H groups in total. The van der Waals surface area contributed by atoms with Gasteiger partial charge in [0.05, 0.1) is 18.2 Å². The van der Waals surface area contributed by atoms with E-state index in [-0.39, 0.29) is 5.78 Å². The second-order valence-corrected chi connectivity index (χ2v) is 4.66. The van der Waals surface area contributed by atoms with Gasteiger partial charge in [-0.3, -0.25) is 4.79 Å². The van der Waals surface area contributed by atoms with Gasteiger partial charge in [0.25, 0.3) is 0 Å². The molecule has 0 aliphatic heterocycles. The van der Waals surface area contributed by atoms with E-state index < -0.39 is 0 Å². The number of rotatable bonds is 8. The molecule has 0 aliphatic carbocycles. The van der Waals surface area contributed by atoms with Crippen molar-refractivity contribution in [2.75, 3.05) is 13.2 Å². The standard InChI is InChI=1S/C15H21ClO3/c1-4-7-18-14-9-11(13(17)6-3)12(16)10-15(14)19-8-5-2/h9-10H,4-8H2,1-3H3. The van der Waals surface area contributed by atoms with Crippen molar-refractivity contribution in [3.63, 3.8) is 0 Å². The fourth-order valence-electron chi connectivity index (χ4n) is 1.59.